The molecule has 20 heavy (non-hydrogen) atoms. The molecule has 0 atom stereocenters. The Morgan fingerprint density at radius 2 is 1.90 bits per heavy atom. The van der Waals surface area contributed by atoms with Crippen LogP contribution in [0.1, 0.15) is 48.0 Å². The summed E-state index contributed by atoms with van der Waals surface area (Å²) in [6, 6.07) is 0. The van der Waals surface area contributed by atoms with E-state index in [1.165, 1.54) is 0 Å². The van der Waals surface area contributed by atoms with Gasteiger partial charge in [-0.2, -0.15) is 13.2 Å². The number of halogens is 3. The molecule has 7 heteroatoms. The van der Waals surface area contributed by atoms with Crippen molar-refractivity contribution in [1.82, 2.24) is 15.5 Å². The fourth-order valence-electron chi connectivity index (χ4n) is 2.62. The molecule has 0 radical (unpaired) electrons. The van der Waals surface area contributed by atoms with Gasteiger partial charge < -0.3 is 5.32 Å². The summed E-state index contributed by atoms with van der Waals surface area (Å²) >= 11 is 1.57. The second-order valence-electron chi connectivity index (χ2n) is 5.33. The summed E-state index contributed by atoms with van der Waals surface area (Å²) < 4.78 is 37.8. The molecule has 0 amide bonds. The van der Waals surface area contributed by atoms with Crippen molar-refractivity contribution in [2.45, 2.75) is 50.6 Å². The number of nitrogens with one attached hydrogen (secondary N) is 1. The Morgan fingerprint density at radius 1 is 1.20 bits per heavy atom. The van der Waals surface area contributed by atoms with E-state index in [4.69, 9.17) is 0 Å². The van der Waals surface area contributed by atoms with Crippen molar-refractivity contribution in [2.75, 3.05) is 13.6 Å². The highest BCUT2D eigenvalue weighted by Gasteiger charge is 2.42. The standard InChI is InChI=1S/C13H20F3N3S/c1-17-8-2-3-11-18-19-12(20-11)9-4-6-10(7-5-9)13(14,15)16/h9-10,17H,2-8H2,1H3. The van der Waals surface area contributed by atoms with Gasteiger partial charge >= 0.3 is 6.18 Å². The lowest BCUT2D eigenvalue weighted by atomic mass is 9.82. The van der Waals surface area contributed by atoms with Crippen LogP contribution in [0.25, 0.3) is 0 Å². The van der Waals surface area contributed by atoms with E-state index in [1.54, 1.807) is 11.3 Å². The third-order valence-corrected chi connectivity index (χ3v) is 4.98. The molecule has 1 aliphatic rings. The highest BCUT2D eigenvalue weighted by Crippen LogP contribution is 2.43. The molecule has 0 aliphatic heterocycles. The van der Waals surface area contributed by atoms with E-state index in [2.05, 4.69) is 15.5 Å². The Labute approximate surface area is 121 Å². The molecule has 1 fully saturated rings. The fraction of sp³-hybridized carbons (Fsp3) is 0.846. The molecular weight excluding hydrogens is 287 g/mol. The average Bonchev–Trinajstić information content (AvgIpc) is 2.87. The van der Waals surface area contributed by atoms with Crippen LogP contribution in [0.5, 0.6) is 0 Å². The number of nitrogens with zero attached hydrogens (tertiary/aromatic N) is 2. The summed E-state index contributed by atoms with van der Waals surface area (Å²) in [5.41, 5.74) is 0. The van der Waals surface area contributed by atoms with Gasteiger partial charge in [-0.3, -0.25) is 0 Å². The van der Waals surface area contributed by atoms with Crippen LogP contribution in [0.4, 0.5) is 13.2 Å². The topological polar surface area (TPSA) is 37.8 Å². The maximum absolute atomic E-state index is 12.6. The van der Waals surface area contributed by atoms with Crippen molar-refractivity contribution in [1.29, 1.82) is 0 Å². The van der Waals surface area contributed by atoms with Gasteiger partial charge in [0.05, 0.1) is 5.92 Å². The molecule has 2 rings (SSSR count). The van der Waals surface area contributed by atoms with Crippen molar-refractivity contribution in [3.8, 4) is 0 Å². The first kappa shape index (κ1) is 15.7. The minimum Gasteiger partial charge on any atom is -0.320 e. The molecule has 3 nitrogen and oxygen atoms in total. The van der Waals surface area contributed by atoms with Crippen molar-refractivity contribution in [3.63, 3.8) is 0 Å². The van der Waals surface area contributed by atoms with Crippen LogP contribution >= 0.6 is 11.3 Å². The Balaban J connectivity index is 1.84. The maximum Gasteiger partial charge on any atom is 0.391 e. The van der Waals surface area contributed by atoms with E-state index in [0.29, 0.717) is 12.8 Å². The zero-order chi connectivity index (χ0) is 14.6. The van der Waals surface area contributed by atoms with Crippen molar-refractivity contribution >= 4 is 11.3 Å². The quantitative estimate of drug-likeness (QED) is 0.846. The summed E-state index contributed by atoms with van der Waals surface area (Å²) in [5, 5.41) is 13.3. The Hall–Kier alpha value is -0.690. The normalized spacial score (nSPS) is 24.0. The Bertz CT molecular complexity index is 411. The molecule has 1 N–H and O–H groups in total. The van der Waals surface area contributed by atoms with Crippen molar-refractivity contribution < 1.29 is 13.2 Å². The van der Waals surface area contributed by atoms with E-state index in [1.807, 2.05) is 7.05 Å². The highest BCUT2D eigenvalue weighted by molar-refractivity contribution is 7.11. The average molecular weight is 307 g/mol. The summed E-state index contributed by atoms with van der Waals surface area (Å²) in [6.07, 6.45) is -0.539. The summed E-state index contributed by atoms with van der Waals surface area (Å²) in [4.78, 5) is 0. The van der Waals surface area contributed by atoms with Crippen LogP contribution in [-0.2, 0) is 6.42 Å². The van der Waals surface area contributed by atoms with Gasteiger partial charge in [-0.25, -0.2) is 0 Å². The number of rotatable bonds is 5. The van der Waals surface area contributed by atoms with E-state index >= 15 is 0 Å². The Kier molecular flexibility index (Phi) is 5.37. The number of hydrogen-bond donors (Lipinski definition) is 1. The second kappa shape index (κ2) is 6.85. The first-order valence-electron chi connectivity index (χ1n) is 7.04. The van der Waals surface area contributed by atoms with Gasteiger partial charge in [0, 0.05) is 12.3 Å². The number of aryl methyl sites for hydroxylation is 1. The molecule has 0 aromatic carbocycles. The summed E-state index contributed by atoms with van der Waals surface area (Å²) in [7, 11) is 1.91. The van der Waals surface area contributed by atoms with Gasteiger partial charge in [0.2, 0.25) is 0 Å². The molecule has 0 unspecified atom stereocenters. The van der Waals surface area contributed by atoms with Gasteiger partial charge in [-0.05, 0) is 45.7 Å². The number of hydrogen-bond acceptors (Lipinski definition) is 4. The largest absolute Gasteiger partial charge is 0.391 e. The van der Waals surface area contributed by atoms with E-state index < -0.39 is 12.1 Å². The SMILES string of the molecule is CNCCCc1nnc(C2CCC(C(F)(F)F)CC2)s1. The zero-order valence-corrected chi connectivity index (χ0v) is 12.4. The maximum atomic E-state index is 12.6. The predicted octanol–water partition coefficient (Wildman–Crippen LogP) is 3.53. The van der Waals surface area contributed by atoms with Crippen LogP contribution in [0.15, 0.2) is 0 Å². The lowest BCUT2D eigenvalue weighted by molar-refractivity contribution is -0.182. The number of aromatic nitrogens is 2. The lowest BCUT2D eigenvalue weighted by Crippen LogP contribution is -2.27. The molecule has 1 aromatic rings. The van der Waals surface area contributed by atoms with Gasteiger partial charge in [-0.15, -0.1) is 21.5 Å². The van der Waals surface area contributed by atoms with Gasteiger partial charge in [0.15, 0.2) is 0 Å². The number of alkyl halides is 3. The molecule has 0 saturated heterocycles. The van der Waals surface area contributed by atoms with Crippen LogP contribution in [-0.4, -0.2) is 30.0 Å². The minimum atomic E-state index is -4.04. The highest BCUT2D eigenvalue weighted by atomic mass is 32.1. The fourth-order valence-corrected chi connectivity index (χ4v) is 3.67. The minimum absolute atomic E-state index is 0.171. The monoisotopic (exact) mass is 307 g/mol. The van der Waals surface area contributed by atoms with Gasteiger partial charge in [-0.1, -0.05) is 0 Å². The first-order chi connectivity index (χ1) is 9.50. The van der Waals surface area contributed by atoms with Crippen LogP contribution < -0.4 is 5.32 Å². The van der Waals surface area contributed by atoms with E-state index in [9.17, 15) is 13.2 Å². The Morgan fingerprint density at radius 3 is 2.50 bits per heavy atom. The third-order valence-electron chi connectivity index (χ3n) is 3.84. The predicted molar refractivity (Wildman–Crippen MR) is 72.9 cm³/mol. The molecule has 1 heterocycles. The van der Waals surface area contributed by atoms with Gasteiger partial charge in [0.1, 0.15) is 10.0 Å². The van der Waals surface area contributed by atoms with Crippen molar-refractivity contribution in [2.24, 2.45) is 5.92 Å². The molecule has 1 aromatic heterocycles. The first-order valence-corrected chi connectivity index (χ1v) is 7.86. The van der Waals surface area contributed by atoms with Crippen LogP contribution in [0.3, 0.4) is 0 Å². The lowest BCUT2D eigenvalue weighted by Gasteiger charge is -2.28. The van der Waals surface area contributed by atoms with Crippen LogP contribution in [0, 0.1) is 5.92 Å². The third kappa shape index (κ3) is 4.15. The molecular formula is C13H20F3N3S. The van der Waals surface area contributed by atoms with E-state index in [-0.39, 0.29) is 18.8 Å². The molecule has 1 aliphatic carbocycles. The summed E-state index contributed by atoms with van der Waals surface area (Å²) in [5.74, 6) is -0.953. The molecule has 1 saturated carbocycles. The molecule has 0 bridgehead atoms. The molecule has 114 valence electrons. The molecule has 0 spiro atoms. The summed E-state index contributed by atoms with van der Waals surface area (Å²) in [6.45, 7) is 0.936. The van der Waals surface area contributed by atoms with Crippen LogP contribution in [0.2, 0.25) is 0 Å². The second-order valence-corrected chi connectivity index (χ2v) is 6.42. The van der Waals surface area contributed by atoms with Gasteiger partial charge in [0.25, 0.3) is 0 Å². The smallest absolute Gasteiger partial charge is 0.320 e. The van der Waals surface area contributed by atoms with Crippen molar-refractivity contribution in [3.05, 3.63) is 10.0 Å². The van der Waals surface area contributed by atoms with E-state index in [0.717, 1.165) is 29.4 Å². The zero-order valence-electron chi connectivity index (χ0n) is 11.5.